The van der Waals surface area contributed by atoms with E-state index in [1.54, 1.807) is 49.3 Å². The topological polar surface area (TPSA) is 119 Å². The van der Waals surface area contributed by atoms with Gasteiger partial charge in [-0.2, -0.15) is 0 Å². The van der Waals surface area contributed by atoms with Crippen LogP contribution in [0.25, 0.3) is 10.8 Å². The molecule has 0 fully saturated rings. The molecular formula is C37H45FN4O4. The fraction of sp³-hybridized carbons (Fsp3) is 0.351. The highest BCUT2D eigenvalue weighted by Gasteiger charge is 2.36. The van der Waals surface area contributed by atoms with Gasteiger partial charge in [0.25, 0.3) is 5.91 Å². The van der Waals surface area contributed by atoms with E-state index < -0.39 is 29.5 Å². The molecule has 4 aromatic carbocycles. The van der Waals surface area contributed by atoms with Crippen LogP contribution in [0.2, 0.25) is 0 Å². The number of amides is 2. The van der Waals surface area contributed by atoms with Crippen LogP contribution in [0.1, 0.15) is 40.9 Å². The number of carbonyl (C=O) groups excluding carboxylic acids is 2. The second-order valence-electron chi connectivity index (χ2n) is 12.7. The maximum Gasteiger partial charge on any atom is 0.254 e. The predicted molar refractivity (Wildman–Crippen MR) is 179 cm³/mol. The molecule has 0 bridgehead atoms. The fourth-order valence-corrected chi connectivity index (χ4v) is 5.46. The van der Waals surface area contributed by atoms with Gasteiger partial charge < -0.3 is 26.2 Å². The van der Waals surface area contributed by atoms with E-state index in [1.807, 2.05) is 62.4 Å². The summed E-state index contributed by atoms with van der Waals surface area (Å²) in [5, 5.41) is 26.8. The highest BCUT2D eigenvalue weighted by molar-refractivity contribution is 5.94. The van der Waals surface area contributed by atoms with Crippen molar-refractivity contribution in [3.8, 4) is 0 Å². The minimum absolute atomic E-state index is 0.125. The van der Waals surface area contributed by atoms with Gasteiger partial charge in [0.05, 0.1) is 12.1 Å². The summed E-state index contributed by atoms with van der Waals surface area (Å²) >= 11 is 0. The van der Waals surface area contributed by atoms with Crippen LogP contribution in [0, 0.1) is 11.2 Å². The SMILES string of the molecule is CN(C(=O)c1cccc(CN)c1)[C@H](Cc1ccc2ccccc2c1)C(O)N(C)[C@H](Cc1ccc(F)cc1)C(=O)NCC(C)(C)CO. The zero-order valence-corrected chi connectivity index (χ0v) is 27.0. The first kappa shape index (κ1) is 34.7. The highest BCUT2D eigenvalue weighted by atomic mass is 19.1. The molecule has 46 heavy (non-hydrogen) atoms. The first-order valence-electron chi connectivity index (χ1n) is 15.5. The Morgan fingerprint density at radius 1 is 0.870 bits per heavy atom. The van der Waals surface area contributed by atoms with E-state index in [4.69, 9.17) is 5.73 Å². The van der Waals surface area contributed by atoms with Gasteiger partial charge in [0.1, 0.15) is 12.0 Å². The number of nitrogens with one attached hydrogen (secondary N) is 1. The highest BCUT2D eigenvalue weighted by Crippen LogP contribution is 2.23. The molecular weight excluding hydrogens is 583 g/mol. The van der Waals surface area contributed by atoms with Gasteiger partial charge in [-0.05, 0) is 71.6 Å². The van der Waals surface area contributed by atoms with Crippen molar-refractivity contribution in [1.82, 2.24) is 15.1 Å². The lowest BCUT2D eigenvalue weighted by Crippen LogP contribution is -2.58. The Morgan fingerprint density at radius 3 is 2.22 bits per heavy atom. The van der Waals surface area contributed by atoms with Crippen LogP contribution < -0.4 is 11.1 Å². The average Bonchev–Trinajstić information content (AvgIpc) is 3.08. The Balaban J connectivity index is 1.70. The Labute approximate surface area is 270 Å². The normalized spacial score (nSPS) is 13.8. The third-order valence-corrected chi connectivity index (χ3v) is 8.55. The molecule has 4 aromatic rings. The molecule has 1 unspecified atom stereocenters. The maximum atomic E-state index is 13.9. The summed E-state index contributed by atoms with van der Waals surface area (Å²) < 4.78 is 13.7. The van der Waals surface area contributed by atoms with Gasteiger partial charge in [0, 0.05) is 37.7 Å². The van der Waals surface area contributed by atoms with E-state index in [0.717, 1.165) is 21.9 Å². The quantitative estimate of drug-likeness (QED) is 0.156. The van der Waals surface area contributed by atoms with Gasteiger partial charge in [-0.3, -0.25) is 14.5 Å². The van der Waals surface area contributed by atoms with Crippen LogP contribution in [0.5, 0.6) is 0 Å². The molecule has 244 valence electrons. The zero-order valence-electron chi connectivity index (χ0n) is 27.0. The Kier molecular flexibility index (Phi) is 11.6. The van der Waals surface area contributed by atoms with Gasteiger partial charge in [0.15, 0.2) is 0 Å². The molecule has 0 saturated heterocycles. The van der Waals surface area contributed by atoms with E-state index in [-0.39, 0.29) is 37.9 Å². The number of rotatable bonds is 14. The van der Waals surface area contributed by atoms with Crippen LogP contribution in [0.3, 0.4) is 0 Å². The number of aliphatic hydroxyl groups excluding tert-OH is 2. The van der Waals surface area contributed by atoms with Gasteiger partial charge >= 0.3 is 0 Å². The molecule has 3 atom stereocenters. The van der Waals surface area contributed by atoms with Crippen LogP contribution in [-0.2, 0) is 24.2 Å². The maximum absolute atomic E-state index is 13.9. The summed E-state index contributed by atoms with van der Waals surface area (Å²) in [7, 11) is 3.30. The Bertz CT molecular complexity index is 1630. The van der Waals surface area contributed by atoms with Crippen LogP contribution in [0.15, 0.2) is 91.0 Å². The van der Waals surface area contributed by atoms with Crippen LogP contribution in [0.4, 0.5) is 4.39 Å². The molecule has 0 aromatic heterocycles. The summed E-state index contributed by atoms with van der Waals surface area (Å²) in [5.74, 6) is -1.05. The predicted octanol–water partition coefficient (Wildman–Crippen LogP) is 4.12. The number of nitrogens with two attached hydrogens (primary N) is 1. The lowest BCUT2D eigenvalue weighted by atomic mass is 9.94. The second-order valence-corrected chi connectivity index (χ2v) is 12.7. The molecule has 9 heteroatoms. The van der Waals surface area contributed by atoms with Crippen molar-refractivity contribution >= 4 is 22.6 Å². The minimum atomic E-state index is -1.28. The van der Waals surface area contributed by atoms with Crippen molar-refractivity contribution in [2.75, 3.05) is 27.2 Å². The molecule has 8 nitrogen and oxygen atoms in total. The van der Waals surface area contributed by atoms with E-state index in [9.17, 15) is 24.2 Å². The second kappa shape index (κ2) is 15.4. The summed E-state index contributed by atoms with van der Waals surface area (Å²) in [6.45, 7) is 4.04. The molecule has 0 aliphatic carbocycles. The molecule has 5 N–H and O–H groups in total. The number of hydrogen-bond donors (Lipinski definition) is 4. The molecule has 4 rings (SSSR count). The van der Waals surface area contributed by atoms with Gasteiger partial charge in [-0.25, -0.2) is 4.39 Å². The molecule has 0 heterocycles. The number of likely N-dealkylation sites (N-methyl/N-ethyl adjacent to an activating group) is 2. The lowest BCUT2D eigenvalue weighted by molar-refractivity contribution is -0.133. The van der Waals surface area contributed by atoms with Gasteiger partial charge in [-0.1, -0.05) is 80.6 Å². The number of aliphatic hydroxyl groups is 2. The molecule has 0 radical (unpaired) electrons. The third-order valence-electron chi connectivity index (χ3n) is 8.55. The lowest BCUT2D eigenvalue weighted by Gasteiger charge is -2.40. The van der Waals surface area contributed by atoms with Crippen LogP contribution in [-0.4, -0.2) is 77.4 Å². The summed E-state index contributed by atoms with van der Waals surface area (Å²) in [4.78, 5) is 30.7. The number of carbonyl (C=O) groups is 2. The largest absolute Gasteiger partial charge is 0.396 e. The first-order valence-corrected chi connectivity index (χ1v) is 15.5. The number of fused-ring (bicyclic) bond motifs is 1. The van der Waals surface area contributed by atoms with Crippen molar-refractivity contribution in [3.63, 3.8) is 0 Å². The van der Waals surface area contributed by atoms with Gasteiger partial charge in [-0.15, -0.1) is 0 Å². The van der Waals surface area contributed by atoms with Crippen molar-refractivity contribution in [3.05, 3.63) is 119 Å². The van der Waals surface area contributed by atoms with E-state index in [2.05, 4.69) is 5.32 Å². The Morgan fingerprint density at radius 2 is 1.54 bits per heavy atom. The summed E-state index contributed by atoms with van der Waals surface area (Å²) in [5.41, 5.74) is 8.15. The van der Waals surface area contributed by atoms with E-state index in [1.165, 1.54) is 17.0 Å². The average molecular weight is 629 g/mol. The van der Waals surface area contributed by atoms with E-state index >= 15 is 0 Å². The van der Waals surface area contributed by atoms with Crippen LogP contribution >= 0.6 is 0 Å². The van der Waals surface area contributed by atoms with Crippen molar-refractivity contribution < 1.29 is 24.2 Å². The first-order chi connectivity index (χ1) is 21.9. The fourth-order valence-electron chi connectivity index (χ4n) is 5.46. The monoisotopic (exact) mass is 628 g/mol. The molecule has 0 aliphatic heterocycles. The number of nitrogens with zero attached hydrogens (tertiary/aromatic N) is 2. The number of hydrogen-bond acceptors (Lipinski definition) is 6. The molecule has 0 spiro atoms. The number of halogens is 1. The zero-order chi connectivity index (χ0) is 33.4. The standard InChI is InChI=1S/C37H45FN4O4/c1-37(2,24-43)23-40-34(44)32(20-25-13-16-31(38)17-14-25)41(3)36(46)33(21-26-12-15-28-9-5-6-10-29(28)18-26)42(4)35(45)30-11-7-8-27(19-30)22-39/h5-19,32-33,36,43,46H,20-24,39H2,1-4H3,(H,40,44)/t32-,33-,36?/m1/s1. The molecule has 0 aliphatic rings. The Hall–Kier alpha value is -4.15. The van der Waals surface area contributed by atoms with Crippen molar-refractivity contribution in [2.24, 2.45) is 11.1 Å². The van der Waals surface area contributed by atoms with Crippen molar-refractivity contribution in [1.29, 1.82) is 0 Å². The smallest absolute Gasteiger partial charge is 0.254 e. The molecule has 0 saturated carbocycles. The summed E-state index contributed by atoms with van der Waals surface area (Å²) in [6.07, 6.45) is -0.796. The van der Waals surface area contributed by atoms with Crippen molar-refractivity contribution in [2.45, 2.75) is 51.5 Å². The third kappa shape index (κ3) is 8.76. The minimum Gasteiger partial charge on any atom is -0.396 e. The molecule has 2 amide bonds. The van der Waals surface area contributed by atoms with E-state index in [0.29, 0.717) is 17.5 Å². The van der Waals surface area contributed by atoms with Gasteiger partial charge in [0.2, 0.25) is 5.91 Å². The summed E-state index contributed by atoms with van der Waals surface area (Å²) in [6, 6.07) is 25.3. The number of benzene rings is 4.